The van der Waals surface area contributed by atoms with Gasteiger partial charge in [0.15, 0.2) is 0 Å². The number of hydrogen-bond acceptors (Lipinski definition) is 5. The Hall–Kier alpha value is -1.09. The fraction of sp³-hybridized carbons (Fsp3) is 0.667. The lowest BCUT2D eigenvalue weighted by Gasteiger charge is -2.30. The molecule has 0 aliphatic heterocycles. The van der Waals surface area contributed by atoms with Gasteiger partial charge in [-0.1, -0.05) is 6.08 Å². The van der Waals surface area contributed by atoms with Crippen molar-refractivity contribution in [1.29, 1.82) is 5.26 Å². The molecule has 0 aliphatic carbocycles. The van der Waals surface area contributed by atoms with Crippen LogP contribution >= 0.6 is 0 Å². The summed E-state index contributed by atoms with van der Waals surface area (Å²) >= 11 is 0. The van der Waals surface area contributed by atoms with Gasteiger partial charge >= 0.3 is 0 Å². The number of nitrogens with one attached hydrogen (secondary N) is 1. The van der Waals surface area contributed by atoms with Gasteiger partial charge < -0.3 is 20.6 Å². The van der Waals surface area contributed by atoms with E-state index >= 15 is 0 Å². The van der Waals surface area contributed by atoms with Crippen molar-refractivity contribution in [3.8, 4) is 6.07 Å². The van der Waals surface area contributed by atoms with E-state index in [1.54, 1.807) is 13.0 Å². The van der Waals surface area contributed by atoms with E-state index in [4.69, 9.17) is 20.6 Å². The number of rotatable bonds is 6. The molecule has 0 atom stereocenters. The number of aliphatic hydroxyl groups is 3. The lowest BCUT2D eigenvalue weighted by Crippen LogP contribution is -2.53. The Morgan fingerprint density at radius 1 is 1.36 bits per heavy atom. The molecule has 0 aromatic carbocycles. The molecule has 0 amide bonds. The van der Waals surface area contributed by atoms with Crippen molar-refractivity contribution >= 4 is 0 Å². The molecule has 0 aromatic rings. The highest BCUT2D eigenvalue weighted by Crippen LogP contribution is 2.05. The molecule has 0 fully saturated rings. The van der Waals surface area contributed by atoms with Crippen molar-refractivity contribution in [2.24, 2.45) is 0 Å². The SMILES string of the molecule is C/C(=C/CC#N)NC(CO)(CO)CO. The molecule has 0 aromatic heterocycles. The predicted molar refractivity (Wildman–Crippen MR) is 51.1 cm³/mol. The van der Waals surface area contributed by atoms with E-state index in [2.05, 4.69) is 5.32 Å². The number of hydrogen-bond donors (Lipinski definition) is 4. The maximum atomic E-state index is 8.98. The highest BCUT2D eigenvalue weighted by molar-refractivity contribution is 5.05. The van der Waals surface area contributed by atoms with Gasteiger partial charge in [-0.3, -0.25) is 0 Å². The van der Waals surface area contributed by atoms with Crippen LogP contribution < -0.4 is 5.32 Å². The monoisotopic (exact) mass is 200 g/mol. The molecule has 0 rings (SSSR count). The zero-order valence-corrected chi connectivity index (χ0v) is 8.19. The summed E-state index contributed by atoms with van der Waals surface area (Å²) in [5.74, 6) is 0. The van der Waals surface area contributed by atoms with Crippen LogP contribution in [-0.4, -0.2) is 40.7 Å². The summed E-state index contributed by atoms with van der Waals surface area (Å²) in [7, 11) is 0. The molecule has 5 nitrogen and oxygen atoms in total. The minimum atomic E-state index is -1.12. The second-order valence-electron chi connectivity index (χ2n) is 3.13. The van der Waals surface area contributed by atoms with Crippen molar-refractivity contribution < 1.29 is 15.3 Å². The molecular weight excluding hydrogens is 184 g/mol. The molecule has 5 heteroatoms. The van der Waals surface area contributed by atoms with Crippen LogP contribution in [0.2, 0.25) is 0 Å². The standard InChI is InChI=1S/C9H16N2O3/c1-8(3-2-4-10)11-9(5-12,6-13)7-14/h3,11-14H,2,5-7H2,1H3/b8-3-. The fourth-order valence-corrected chi connectivity index (χ4v) is 0.937. The van der Waals surface area contributed by atoms with Crippen molar-refractivity contribution in [2.75, 3.05) is 19.8 Å². The second kappa shape index (κ2) is 6.38. The van der Waals surface area contributed by atoms with E-state index in [1.807, 2.05) is 6.07 Å². The van der Waals surface area contributed by atoms with Crippen LogP contribution in [0.4, 0.5) is 0 Å². The zero-order chi connectivity index (χ0) is 11.0. The maximum absolute atomic E-state index is 8.98. The molecule has 0 bridgehead atoms. The van der Waals surface area contributed by atoms with E-state index in [-0.39, 0.29) is 26.2 Å². The predicted octanol–water partition coefficient (Wildman–Crippen LogP) is -0.891. The van der Waals surface area contributed by atoms with Crippen LogP contribution in [0.1, 0.15) is 13.3 Å². The first-order valence-electron chi connectivity index (χ1n) is 4.28. The van der Waals surface area contributed by atoms with Gasteiger partial charge in [0.2, 0.25) is 0 Å². The molecule has 0 saturated carbocycles. The average Bonchev–Trinajstić information content (AvgIpc) is 2.23. The molecule has 0 heterocycles. The Bertz CT molecular complexity index is 220. The normalized spacial score (nSPS) is 12.4. The number of nitrogens with zero attached hydrogens (tertiary/aromatic N) is 1. The van der Waals surface area contributed by atoms with Crippen molar-refractivity contribution in [2.45, 2.75) is 18.9 Å². The molecular formula is C9H16N2O3. The Kier molecular flexibility index (Phi) is 5.88. The quantitative estimate of drug-likeness (QED) is 0.446. The molecule has 14 heavy (non-hydrogen) atoms. The lowest BCUT2D eigenvalue weighted by atomic mass is 10.0. The minimum Gasteiger partial charge on any atom is -0.394 e. The second-order valence-corrected chi connectivity index (χ2v) is 3.13. The smallest absolute Gasteiger partial charge is 0.107 e. The van der Waals surface area contributed by atoms with E-state index in [0.29, 0.717) is 5.70 Å². The maximum Gasteiger partial charge on any atom is 0.107 e. The van der Waals surface area contributed by atoms with Gasteiger partial charge in [0.05, 0.1) is 32.3 Å². The number of aliphatic hydroxyl groups excluding tert-OH is 3. The highest BCUT2D eigenvalue weighted by atomic mass is 16.3. The van der Waals surface area contributed by atoms with Crippen LogP contribution in [0.3, 0.4) is 0 Å². The van der Waals surface area contributed by atoms with E-state index < -0.39 is 5.54 Å². The third-order valence-corrected chi connectivity index (χ3v) is 1.87. The number of allylic oxidation sites excluding steroid dienone is 2. The topological polar surface area (TPSA) is 96.5 Å². The average molecular weight is 200 g/mol. The van der Waals surface area contributed by atoms with Crippen LogP contribution in [-0.2, 0) is 0 Å². The Labute approximate surface area is 83.3 Å². The molecule has 0 radical (unpaired) electrons. The summed E-state index contributed by atoms with van der Waals surface area (Å²) in [5.41, 5.74) is -0.473. The van der Waals surface area contributed by atoms with Crippen LogP contribution in [0, 0.1) is 11.3 Å². The first-order chi connectivity index (χ1) is 6.64. The van der Waals surface area contributed by atoms with Gasteiger partial charge in [-0.15, -0.1) is 0 Å². The highest BCUT2D eigenvalue weighted by Gasteiger charge is 2.27. The largest absolute Gasteiger partial charge is 0.394 e. The first kappa shape index (κ1) is 12.9. The van der Waals surface area contributed by atoms with Crippen LogP contribution in [0.5, 0.6) is 0 Å². The van der Waals surface area contributed by atoms with Gasteiger partial charge in [-0.05, 0) is 6.92 Å². The Balaban J connectivity index is 4.37. The first-order valence-corrected chi connectivity index (χ1v) is 4.28. The van der Waals surface area contributed by atoms with Gasteiger partial charge in [-0.2, -0.15) is 5.26 Å². The molecule has 0 saturated heterocycles. The van der Waals surface area contributed by atoms with Crippen molar-refractivity contribution in [3.63, 3.8) is 0 Å². The Morgan fingerprint density at radius 2 is 1.86 bits per heavy atom. The van der Waals surface area contributed by atoms with E-state index in [0.717, 1.165) is 0 Å². The van der Waals surface area contributed by atoms with Crippen molar-refractivity contribution in [1.82, 2.24) is 5.32 Å². The van der Waals surface area contributed by atoms with E-state index in [9.17, 15) is 0 Å². The zero-order valence-electron chi connectivity index (χ0n) is 8.19. The van der Waals surface area contributed by atoms with Gasteiger partial charge in [0.1, 0.15) is 5.54 Å². The van der Waals surface area contributed by atoms with Gasteiger partial charge in [0, 0.05) is 5.70 Å². The summed E-state index contributed by atoms with van der Waals surface area (Å²) < 4.78 is 0. The molecule has 0 unspecified atom stereocenters. The molecule has 80 valence electrons. The summed E-state index contributed by atoms with van der Waals surface area (Å²) in [5, 5.41) is 38.0. The van der Waals surface area contributed by atoms with Crippen LogP contribution in [0.15, 0.2) is 11.8 Å². The third kappa shape index (κ3) is 3.75. The van der Waals surface area contributed by atoms with Crippen LogP contribution in [0.25, 0.3) is 0 Å². The Morgan fingerprint density at radius 3 is 2.21 bits per heavy atom. The van der Waals surface area contributed by atoms with E-state index in [1.165, 1.54) is 0 Å². The summed E-state index contributed by atoms with van der Waals surface area (Å²) in [4.78, 5) is 0. The minimum absolute atomic E-state index is 0.247. The van der Waals surface area contributed by atoms with Crippen molar-refractivity contribution in [3.05, 3.63) is 11.8 Å². The van der Waals surface area contributed by atoms with Gasteiger partial charge in [0.25, 0.3) is 0 Å². The lowest BCUT2D eigenvalue weighted by molar-refractivity contribution is 0.0494. The van der Waals surface area contributed by atoms with Gasteiger partial charge in [-0.25, -0.2) is 0 Å². The third-order valence-electron chi connectivity index (χ3n) is 1.87. The molecule has 0 aliphatic rings. The molecule has 4 N–H and O–H groups in total. The summed E-state index contributed by atoms with van der Waals surface area (Å²) in [6.45, 7) is 0.570. The number of nitriles is 1. The summed E-state index contributed by atoms with van der Waals surface area (Å²) in [6.07, 6.45) is 1.87. The fourth-order valence-electron chi connectivity index (χ4n) is 0.937. The molecule has 0 spiro atoms. The summed E-state index contributed by atoms with van der Waals surface area (Å²) in [6, 6.07) is 1.93.